The molecule has 0 aliphatic heterocycles. The molecule has 0 saturated carbocycles. The van der Waals surface area contributed by atoms with E-state index in [1.807, 2.05) is 0 Å². The number of phenols is 2. The number of unbranched alkanes of at least 4 members (excludes halogenated alkanes) is 3. The summed E-state index contributed by atoms with van der Waals surface area (Å²) in [5.74, 6) is 0.822. The Kier molecular flexibility index (Phi) is 13.8. The first kappa shape index (κ1) is 39.6. The molecule has 0 aliphatic carbocycles. The second-order valence-corrected chi connectivity index (χ2v) is 17.4. The maximum atomic E-state index is 12.6. The number of benzene rings is 2. The molecule has 46 heavy (non-hydrogen) atoms. The van der Waals surface area contributed by atoms with Crippen molar-refractivity contribution in [2.75, 3.05) is 13.1 Å². The number of amides is 1. The summed E-state index contributed by atoms with van der Waals surface area (Å²) in [5.41, 5.74) is 5.30. The van der Waals surface area contributed by atoms with Gasteiger partial charge in [-0.15, -0.1) is 0 Å². The molecule has 0 aromatic heterocycles. The van der Waals surface area contributed by atoms with Crippen LogP contribution in [0.4, 0.5) is 0 Å². The van der Waals surface area contributed by atoms with Crippen LogP contribution in [0, 0.1) is 0 Å². The van der Waals surface area contributed by atoms with E-state index in [0.717, 1.165) is 72.0 Å². The van der Waals surface area contributed by atoms with Crippen LogP contribution in [0.2, 0.25) is 0 Å². The molecule has 0 spiro atoms. The maximum Gasteiger partial charge on any atom is 0.220 e. The number of rotatable bonds is 14. The predicted molar refractivity (Wildman–Crippen MR) is 193 cm³/mol. The lowest BCUT2D eigenvalue weighted by atomic mass is 9.78. The lowest BCUT2D eigenvalue weighted by Crippen LogP contribution is -2.30. The molecule has 260 valence electrons. The molecule has 0 heterocycles. The molecule has 2 aromatic carbocycles. The van der Waals surface area contributed by atoms with Gasteiger partial charge in [0.15, 0.2) is 0 Å². The summed E-state index contributed by atoms with van der Waals surface area (Å²) in [4.78, 5) is 12.6. The van der Waals surface area contributed by atoms with E-state index in [9.17, 15) is 20.1 Å². The number of carbonyl (C=O) groups excluding carboxylic acids is 1. The fraction of sp³-hybridized carbons (Fsp3) is 0.675. The Labute approximate surface area is 280 Å². The standard InChI is InChI=1S/C40H66N2O4/c1-37(2,3)29-23-27(24-30(35(29)45)38(4,5)6)17-19-33(43)41-21-15-13-14-16-22-42-34(44)20-18-28-25-31(39(7,8)9)36(46)32(26-28)40(10,11)12/h23-26,33,41,43,45-46H,13-22H2,1-12H3,(H,42,44). The number of carbonyl (C=O) groups is 1. The van der Waals surface area contributed by atoms with Crippen LogP contribution in [-0.4, -0.2) is 40.5 Å². The van der Waals surface area contributed by atoms with E-state index in [-0.39, 0.29) is 27.6 Å². The second kappa shape index (κ2) is 16.0. The average molecular weight is 639 g/mol. The quantitative estimate of drug-likeness (QED) is 0.106. The number of aliphatic hydroxyl groups excluding tert-OH is 1. The molecule has 1 atom stereocenters. The third kappa shape index (κ3) is 12.2. The molecule has 0 aliphatic rings. The number of hydrogen-bond acceptors (Lipinski definition) is 5. The van der Waals surface area contributed by atoms with Crippen LogP contribution in [0.5, 0.6) is 11.5 Å². The zero-order valence-corrected chi connectivity index (χ0v) is 31.2. The average Bonchev–Trinajstić information content (AvgIpc) is 2.90. The maximum absolute atomic E-state index is 12.6. The van der Waals surface area contributed by atoms with Crippen LogP contribution in [0.3, 0.4) is 0 Å². The predicted octanol–water partition coefficient (Wildman–Crippen LogP) is 8.44. The van der Waals surface area contributed by atoms with Gasteiger partial charge in [0.2, 0.25) is 5.91 Å². The van der Waals surface area contributed by atoms with Crippen molar-refractivity contribution in [2.45, 2.75) is 162 Å². The van der Waals surface area contributed by atoms with Gasteiger partial charge in [-0.2, -0.15) is 0 Å². The van der Waals surface area contributed by atoms with Crippen LogP contribution in [0.1, 0.15) is 155 Å². The summed E-state index contributed by atoms with van der Waals surface area (Å²) in [7, 11) is 0. The van der Waals surface area contributed by atoms with Crippen LogP contribution in [0.25, 0.3) is 0 Å². The Hall–Kier alpha value is -2.57. The van der Waals surface area contributed by atoms with E-state index in [4.69, 9.17) is 0 Å². The topological polar surface area (TPSA) is 102 Å². The summed E-state index contributed by atoms with van der Waals surface area (Å²) >= 11 is 0. The second-order valence-electron chi connectivity index (χ2n) is 17.4. The molecule has 0 radical (unpaired) electrons. The van der Waals surface area contributed by atoms with E-state index in [1.165, 1.54) is 0 Å². The highest BCUT2D eigenvalue weighted by molar-refractivity contribution is 5.76. The van der Waals surface area contributed by atoms with Crippen molar-refractivity contribution < 1.29 is 20.1 Å². The van der Waals surface area contributed by atoms with Crippen molar-refractivity contribution in [3.8, 4) is 11.5 Å². The van der Waals surface area contributed by atoms with Gasteiger partial charge in [0, 0.05) is 13.0 Å². The van der Waals surface area contributed by atoms with Gasteiger partial charge in [0.05, 0.1) is 0 Å². The normalized spacial score (nSPS) is 13.6. The Morgan fingerprint density at radius 1 is 0.609 bits per heavy atom. The summed E-state index contributed by atoms with van der Waals surface area (Å²) in [6.07, 6.45) is 5.83. The van der Waals surface area contributed by atoms with E-state index < -0.39 is 6.23 Å². The summed E-state index contributed by atoms with van der Waals surface area (Å²) in [5, 5.41) is 38.8. The highest BCUT2D eigenvalue weighted by atomic mass is 16.3. The molecule has 1 amide bonds. The minimum Gasteiger partial charge on any atom is -0.507 e. The molecular formula is C40H66N2O4. The third-order valence-electron chi connectivity index (χ3n) is 8.72. The molecule has 0 fully saturated rings. The molecule has 6 nitrogen and oxygen atoms in total. The Morgan fingerprint density at radius 2 is 0.978 bits per heavy atom. The molecule has 1 unspecified atom stereocenters. The minimum atomic E-state index is -0.572. The van der Waals surface area contributed by atoms with Gasteiger partial charge in [0.1, 0.15) is 17.7 Å². The van der Waals surface area contributed by atoms with E-state index >= 15 is 0 Å². The van der Waals surface area contributed by atoms with Crippen molar-refractivity contribution in [1.82, 2.24) is 10.6 Å². The van der Waals surface area contributed by atoms with Gasteiger partial charge < -0.3 is 20.6 Å². The summed E-state index contributed by atoms with van der Waals surface area (Å²) in [6.45, 7) is 26.8. The van der Waals surface area contributed by atoms with Gasteiger partial charge >= 0.3 is 0 Å². The van der Waals surface area contributed by atoms with Gasteiger partial charge in [-0.3, -0.25) is 10.1 Å². The van der Waals surface area contributed by atoms with Crippen LogP contribution in [-0.2, 0) is 39.3 Å². The van der Waals surface area contributed by atoms with Crippen LogP contribution < -0.4 is 10.6 Å². The van der Waals surface area contributed by atoms with Crippen molar-refractivity contribution >= 4 is 5.91 Å². The molecule has 6 heteroatoms. The smallest absolute Gasteiger partial charge is 0.220 e. The van der Waals surface area contributed by atoms with Crippen LogP contribution >= 0.6 is 0 Å². The van der Waals surface area contributed by atoms with Crippen molar-refractivity contribution in [3.05, 3.63) is 57.6 Å². The SMILES string of the molecule is CC(C)(C)c1cc(CCC(=O)NCCCCCCNC(O)CCc2cc(C(C)(C)C)c(O)c(C(C)(C)C)c2)cc(C(C)(C)C)c1O. The molecular weight excluding hydrogens is 572 g/mol. The fourth-order valence-corrected chi connectivity index (χ4v) is 5.82. The Bertz CT molecular complexity index is 1220. The molecule has 5 N–H and O–H groups in total. The van der Waals surface area contributed by atoms with E-state index in [2.05, 4.69) is 118 Å². The number of phenolic OH excluding ortho intramolecular Hbond substituents is 2. The zero-order valence-electron chi connectivity index (χ0n) is 31.2. The fourth-order valence-electron chi connectivity index (χ4n) is 5.82. The number of aliphatic hydroxyl groups is 1. The first-order valence-corrected chi connectivity index (χ1v) is 17.4. The van der Waals surface area contributed by atoms with Gasteiger partial charge in [0.25, 0.3) is 0 Å². The monoisotopic (exact) mass is 639 g/mol. The highest BCUT2D eigenvalue weighted by Crippen LogP contribution is 2.41. The molecule has 0 bridgehead atoms. The van der Waals surface area contributed by atoms with Crippen molar-refractivity contribution in [2.24, 2.45) is 0 Å². The number of aromatic hydroxyl groups is 2. The van der Waals surface area contributed by atoms with Gasteiger partial charge in [-0.1, -0.05) is 120 Å². The van der Waals surface area contributed by atoms with E-state index in [1.54, 1.807) is 0 Å². The Morgan fingerprint density at radius 3 is 1.37 bits per heavy atom. The molecule has 2 rings (SSSR count). The van der Waals surface area contributed by atoms with Crippen molar-refractivity contribution in [1.29, 1.82) is 0 Å². The number of hydrogen-bond donors (Lipinski definition) is 5. The van der Waals surface area contributed by atoms with Gasteiger partial charge in [-0.25, -0.2) is 0 Å². The lowest BCUT2D eigenvalue weighted by Gasteiger charge is -2.28. The van der Waals surface area contributed by atoms with Crippen LogP contribution in [0.15, 0.2) is 24.3 Å². The minimum absolute atomic E-state index is 0.0605. The molecule has 0 saturated heterocycles. The lowest BCUT2D eigenvalue weighted by molar-refractivity contribution is -0.121. The Balaban J connectivity index is 1.71. The third-order valence-corrected chi connectivity index (χ3v) is 8.72. The first-order valence-electron chi connectivity index (χ1n) is 17.4. The number of nitrogens with one attached hydrogen (secondary N) is 2. The summed E-state index contributed by atoms with van der Waals surface area (Å²) in [6, 6.07) is 8.30. The highest BCUT2D eigenvalue weighted by Gasteiger charge is 2.28. The summed E-state index contributed by atoms with van der Waals surface area (Å²) < 4.78 is 0. The zero-order chi connectivity index (χ0) is 35.1. The van der Waals surface area contributed by atoms with Gasteiger partial charge in [-0.05, 0) is 93.7 Å². The molecule has 2 aromatic rings. The number of aryl methyl sites for hydroxylation is 2. The van der Waals surface area contributed by atoms with Crippen molar-refractivity contribution in [3.63, 3.8) is 0 Å². The largest absolute Gasteiger partial charge is 0.507 e. The van der Waals surface area contributed by atoms with E-state index in [0.29, 0.717) is 37.3 Å². The first-order chi connectivity index (χ1) is 21.0.